The van der Waals surface area contributed by atoms with Crippen molar-refractivity contribution in [3.05, 3.63) is 28.9 Å². The molecule has 0 spiro atoms. The zero-order chi connectivity index (χ0) is 15.6. The summed E-state index contributed by atoms with van der Waals surface area (Å²) in [5.41, 5.74) is 1.72. The summed E-state index contributed by atoms with van der Waals surface area (Å²) in [5.74, 6) is 0.333. The number of ether oxygens (including phenoxy) is 1. The van der Waals surface area contributed by atoms with Gasteiger partial charge in [-0.2, -0.15) is 4.40 Å². The van der Waals surface area contributed by atoms with Crippen molar-refractivity contribution in [1.82, 2.24) is 9.97 Å². The standard InChI is InChI=1S/C14H16ClN3O2S/c1-14(2,3)21(19)16-8-12-13(20-4)18-10-6-5-9(15)7-11(10)17-12/h5-8H,1-4H3/b16-8+/t21-/m1/s1. The van der Waals surface area contributed by atoms with Gasteiger partial charge in [0.1, 0.15) is 16.7 Å². The number of hydrogen-bond donors (Lipinski definition) is 0. The van der Waals surface area contributed by atoms with Crippen LogP contribution in [0.4, 0.5) is 0 Å². The predicted molar refractivity (Wildman–Crippen MR) is 86.6 cm³/mol. The lowest BCUT2D eigenvalue weighted by molar-refractivity contribution is 0.397. The van der Waals surface area contributed by atoms with Gasteiger partial charge >= 0.3 is 0 Å². The highest BCUT2D eigenvalue weighted by molar-refractivity contribution is 7.85. The van der Waals surface area contributed by atoms with E-state index in [0.29, 0.717) is 27.6 Å². The molecule has 1 atom stereocenters. The number of aromatic nitrogens is 2. The molecule has 1 aromatic heterocycles. The monoisotopic (exact) mass is 325 g/mol. The van der Waals surface area contributed by atoms with E-state index in [0.717, 1.165) is 0 Å². The first kappa shape index (κ1) is 15.9. The van der Waals surface area contributed by atoms with E-state index in [1.807, 2.05) is 20.8 Å². The highest BCUT2D eigenvalue weighted by atomic mass is 35.5. The minimum Gasteiger partial charge on any atom is -0.479 e. The second-order valence-corrected chi connectivity index (χ2v) is 7.72. The Bertz CT molecular complexity index is 726. The van der Waals surface area contributed by atoms with Crippen molar-refractivity contribution in [2.75, 3.05) is 7.11 Å². The van der Waals surface area contributed by atoms with E-state index in [4.69, 9.17) is 16.3 Å². The van der Waals surface area contributed by atoms with E-state index < -0.39 is 15.7 Å². The topological polar surface area (TPSA) is 64.4 Å². The molecule has 0 saturated carbocycles. The van der Waals surface area contributed by atoms with Gasteiger partial charge in [0.05, 0.1) is 29.1 Å². The molecule has 0 amide bonds. The van der Waals surface area contributed by atoms with Crippen molar-refractivity contribution < 1.29 is 8.95 Å². The summed E-state index contributed by atoms with van der Waals surface area (Å²) >= 11 is 5.95. The van der Waals surface area contributed by atoms with Crippen LogP contribution in [0, 0.1) is 0 Å². The minimum atomic E-state index is -1.37. The number of rotatable bonds is 3. The molecule has 0 aliphatic heterocycles. The van der Waals surface area contributed by atoms with Gasteiger partial charge in [0.2, 0.25) is 5.88 Å². The SMILES string of the molecule is COc1nc2ccc(Cl)cc2nc1/C=N/[S@](=O)C(C)(C)C. The number of nitrogens with zero attached hydrogens (tertiary/aromatic N) is 3. The lowest BCUT2D eigenvalue weighted by atomic mass is 10.3. The molecule has 0 radical (unpaired) electrons. The lowest BCUT2D eigenvalue weighted by Gasteiger charge is -2.12. The largest absolute Gasteiger partial charge is 0.479 e. The average Bonchev–Trinajstić information content (AvgIpc) is 2.42. The molecule has 0 N–H and O–H groups in total. The summed E-state index contributed by atoms with van der Waals surface area (Å²) in [6.07, 6.45) is 1.42. The lowest BCUT2D eigenvalue weighted by Crippen LogP contribution is -2.19. The molecular formula is C14H16ClN3O2S. The molecule has 0 fully saturated rings. The Balaban J connectivity index is 2.47. The summed E-state index contributed by atoms with van der Waals surface area (Å²) in [6, 6.07) is 5.21. The fourth-order valence-corrected chi connectivity index (χ4v) is 2.19. The smallest absolute Gasteiger partial charge is 0.241 e. The molecule has 2 aromatic rings. The second kappa shape index (κ2) is 6.07. The van der Waals surface area contributed by atoms with E-state index >= 15 is 0 Å². The third-order valence-corrected chi connectivity index (χ3v) is 4.19. The normalized spacial score (nSPS) is 13.8. The molecule has 7 heteroatoms. The molecule has 1 heterocycles. The highest BCUT2D eigenvalue weighted by Gasteiger charge is 2.18. The van der Waals surface area contributed by atoms with Crippen molar-refractivity contribution in [2.45, 2.75) is 25.5 Å². The van der Waals surface area contributed by atoms with Gasteiger partial charge in [0.15, 0.2) is 0 Å². The van der Waals surface area contributed by atoms with Gasteiger partial charge in [0.25, 0.3) is 0 Å². The van der Waals surface area contributed by atoms with Crippen LogP contribution in [-0.4, -0.2) is 32.2 Å². The molecule has 0 aliphatic carbocycles. The van der Waals surface area contributed by atoms with Crippen LogP contribution in [0.1, 0.15) is 26.5 Å². The number of methoxy groups -OCH3 is 1. The van der Waals surface area contributed by atoms with Crippen LogP contribution in [0.15, 0.2) is 22.6 Å². The van der Waals surface area contributed by atoms with E-state index in [9.17, 15) is 4.21 Å². The van der Waals surface area contributed by atoms with Gasteiger partial charge in [-0.05, 0) is 39.0 Å². The molecule has 2 rings (SSSR count). The summed E-state index contributed by atoms with van der Waals surface area (Å²) in [7, 11) is 0.138. The Labute approximate surface area is 131 Å². The second-order valence-electron chi connectivity index (χ2n) is 5.35. The fourth-order valence-electron chi connectivity index (χ4n) is 1.52. The molecule has 21 heavy (non-hydrogen) atoms. The van der Waals surface area contributed by atoms with Crippen LogP contribution in [0.2, 0.25) is 5.02 Å². The third kappa shape index (κ3) is 3.77. The van der Waals surface area contributed by atoms with Gasteiger partial charge < -0.3 is 4.74 Å². The zero-order valence-electron chi connectivity index (χ0n) is 12.3. The fraction of sp³-hybridized carbons (Fsp3) is 0.357. The van der Waals surface area contributed by atoms with Crippen LogP contribution in [0.3, 0.4) is 0 Å². The summed E-state index contributed by atoms with van der Waals surface area (Å²) in [4.78, 5) is 8.75. The van der Waals surface area contributed by atoms with Crippen LogP contribution in [0.25, 0.3) is 11.0 Å². The number of benzene rings is 1. The van der Waals surface area contributed by atoms with Crippen molar-refractivity contribution in [3.63, 3.8) is 0 Å². The van der Waals surface area contributed by atoms with Crippen LogP contribution >= 0.6 is 11.6 Å². The van der Waals surface area contributed by atoms with Crippen molar-refractivity contribution in [3.8, 4) is 5.88 Å². The quantitative estimate of drug-likeness (QED) is 0.813. The predicted octanol–water partition coefficient (Wildman–Crippen LogP) is 3.17. The Kier molecular flexibility index (Phi) is 4.58. The molecule has 1 aromatic carbocycles. The van der Waals surface area contributed by atoms with Crippen LogP contribution in [-0.2, 0) is 11.0 Å². The molecule has 0 unspecified atom stereocenters. The molecule has 5 nitrogen and oxygen atoms in total. The summed E-state index contributed by atoms with van der Waals surface area (Å²) in [5, 5.41) is 0.572. The first-order valence-corrected chi connectivity index (χ1v) is 7.77. The molecule has 112 valence electrons. The first-order valence-electron chi connectivity index (χ1n) is 6.28. The number of hydrogen-bond acceptors (Lipinski definition) is 4. The minimum absolute atomic E-state index is 0.333. The average molecular weight is 326 g/mol. The third-order valence-electron chi connectivity index (χ3n) is 2.61. The van der Waals surface area contributed by atoms with Crippen molar-refractivity contribution in [2.24, 2.45) is 4.40 Å². The Morgan fingerprint density at radius 3 is 2.62 bits per heavy atom. The zero-order valence-corrected chi connectivity index (χ0v) is 13.8. The van der Waals surface area contributed by atoms with E-state index in [1.54, 1.807) is 18.2 Å². The van der Waals surface area contributed by atoms with Gasteiger partial charge in [-0.3, -0.25) is 0 Å². The summed E-state index contributed by atoms with van der Waals surface area (Å²) < 4.78 is 20.8. The van der Waals surface area contributed by atoms with Crippen molar-refractivity contribution in [1.29, 1.82) is 0 Å². The van der Waals surface area contributed by atoms with Gasteiger partial charge in [0, 0.05) is 5.02 Å². The van der Waals surface area contributed by atoms with Gasteiger partial charge in [-0.25, -0.2) is 14.2 Å². The van der Waals surface area contributed by atoms with E-state index in [-0.39, 0.29) is 0 Å². The first-order chi connectivity index (χ1) is 9.81. The highest BCUT2D eigenvalue weighted by Crippen LogP contribution is 2.21. The number of halogens is 1. The van der Waals surface area contributed by atoms with Crippen LogP contribution < -0.4 is 4.74 Å². The molecule has 0 aliphatic rings. The van der Waals surface area contributed by atoms with Gasteiger partial charge in [-0.15, -0.1) is 0 Å². The number of fused-ring (bicyclic) bond motifs is 1. The van der Waals surface area contributed by atoms with E-state index in [2.05, 4.69) is 14.4 Å². The van der Waals surface area contributed by atoms with Crippen molar-refractivity contribution >= 4 is 39.8 Å². The maximum absolute atomic E-state index is 12.0. The molecule has 0 bridgehead atoms. The maximum Gasteiger partial charge on any atom is 0.241 e. The van der Waals surface area contributed by atoms with Crippen LogP contribution in [0.5, 0.6) is 5.88 Å². The molecular weight excluding hydrogens is 310 g/mol. The Morgan fingerprint density at radius 1 is 1.29 bits per heavy atom. The summed E-state index contributed by atoms with van der Waals surface area (Å²) in [6.45, 7) is 5.55. The Hall–Kier alpha value is -1.53. The molecule has 0 saturated heterocycles. The Morgan fingerprint density at radius 2 is 2.00 bits per heavy atom. The maximum atomic E-state index is 12.0. The van der Waals surface area contributed by atoms with E-state index in [1.165, 1.54) is 13.3 Å². The van der Waals surface area contributed by atoms with Gasteiger partial charge in [-0.1, -0.05) is 11.6 Å².